The number of aromatic carboxylic acids is 1. The van der Waals surface area contributed by atoms with Crippen molar-refractivity contribution in [2.45, 2.75) is 20.3 Å². The predicted octanol–water partition coefficient (Wildman–Crippen LogP) is 2.07. The molecule has 2 heterocycles. The Hall–Kier alpha value is -2.96. The lowest BCUT2D eigenvalue weighted by Gasteiger charge is -2.06. The van der Waals surface area contributed by atoms with E-state index in [4.69, 9.17) is 0 Å². The maximum Gasteiger partial charge on any atom is 0.341 e. The lowest BCUT2D eigenvalue weighted by Crippen LogP contribution is -2.22. The van der Waals surface area contributed by atoms with Crippen LogP contribution in [0, 0.1) is 19.7 Å². The second-order valence-electron chi connectivity index (χ2n) is 5.33. The van der Waals surface area contributed by atoms with Gasteiger partial charge in [-0.2, -0.15) is 0 Å². The maximum atomic E-state index is 13.8. The highest BCUT2D eigenvalue weighted by atomic mass is 19.1. The molecule has 3 aromatic rings. The fourth-order valence-electron chi connectivity index (χ4n) is 2.62. The van der Waals surface area contributed by atoms with Crippen LogP contribution < -0.4 is 5.56 Å². The monoisotopic (exact) mass is 315 g/mol. The normalized spacial score (nSPS) is 11.1. The molecule has 0 fully saturated rings. The van der Waals surface area contributed by atoms with Crippen molar-refractivity contribution >= 4 is 11.6 Å². The van der Waals surface area contributed by atoms with Gasteiger partial charge in [0.1, 0.15) is 11.4 Å². The fourth-order valence-corrected chi connectivity index (χ4v) is 2.62. The number of fused-ring (bicyclic) bond motifs is 1. The molecule has 0 aliphatic heterocycles. The average molecular weight is 315 g/mol. The van der Waals surface area contributed by atoms with Crippen LogP contribution in [0.5, 0.6) is 0 Å². The number of nitrogens with zero attached hydrogens (tertiary/aromatic N) is 2. The van der Waals surface area contributed by atoms with Crippen LogP contribution in [0.1, 0.15) is 32.9 Å². The highest BCUT2D eigenvalue weighted by molar-refractivity contribution is 5.95. The third-order valence-electron chi connectivity index (χ3n) is 3.80. The fraction of sp³-hybridized carbons (Fsp3) is 0.188. The number of carboxylic acid groups (broad SMARTS) is 1. The number of halogens is 1. The number of aromatic amines is 1. The minimum absolute atomic E-state index is 0.0392. The van der Waals surface area contributed by atoms with Gasteiger partial charge in [0, 0.05) is 23.4 Å². The van der Waals surface area contributed by atoms with Gasteiger partial charge in [-0.3, -0.25) is 9.89 Å². The standard InChI is InChI=1S/C16H14FN3O3/c1-8-11(7-10-5-3-4-6-12(10)17)15(21)20-14(18-8)13(16(22)23)9(2)19-20/h3-6,19H,7H2,1-2H3,(H,22,23). The first-order chi connectivity index (χ1) is 10.9. The Morgan fingerprint density at radius 3 is 2.70 bits per heavy atom. The molecule has 0 saturated heterocycles. The maximum absolute atomic E-state index is 13.8. The van der Waals surface area contributed by atoms with Crippen LogP contribution in [0.25, 0.3) is 5.65 Å². The average Bonchev–Trinajstić information content (AvgIpc) is 2.81. The van der Waals surface area contributed by atoms with Crippen LogP contribution in [0.3, 0.4) is 0 Å². The van der Waals surface area contributed by atoms with Crippen molar-refractivity contribution in [3.8, 4) is 0 Å². The largest absolute Gasteiger partial charge is 0.477 e. The predicted molar refractivity (Wildman–Crippen MR) is 81.5 cm³/mol. The van der Waals surface area contributed by atoms with E-state index in [1.54, 1.807) is 32.0 Å². The van der Waals surface area contributed by atoms with Gasteiger partial charge >= 0.3 is 5.97 Å². The Kier molecular flexibility index (Phi) is 3.48. The van der Waals surface area contributed by atoms with Gasteiger partial charge < -0.3 is 5.11 Å². The molecule has 23 heavy (non-hydrogen) atoms. The Balaban J connectivity index is 2.22. The number of nitrogens with one attached hydrogen (secondary N) is 1. The minimum Gasteiger partial charge on any atom is -0.477 e. The number of aryl methyl sites for hydroxylation is 2. The summed E-state index contributed by atoms with van der Waals surface area (Å²) in [6.45, 7) is 3.18. The van der Waals surface area contributed by atoms with Crippen LogP contribution >= 0.6 is 0 Å². The van der Waals surface area contributed by atoms with Gasteiger partial charge in [-0.05, 0) is 25.5 Å². The lowest BCUT2D eigenvalue weighted by atomic mass is 10.0. The second kappa shape index (κ2) is 5.35. The van der Waals surface area contributed by atoms with E-state index in [0.29, 0.717) is 22.5 Å². The molecule has 118 valence electrons. The molecule has 6 nitrogen and oxygen atoms in total. The lowest BCUT2D eigenvalue weighted by molar-refractivity contribution is 0.0698. The molecule has 0 unspecified atom stereocenters. The zero-order chi connectivity index (χ0) is 16.7. The summed E-state index contributed by atoms with van der Waals surface area (Å²) in [5, 5.41) is 12.0. The first-order valence-electron chi connectivity index (χ1n) is 6.97. The number of hydrogen-bond donors (Lipinski definition) is 2. The molecular formula is C16H14FN3O3. The van der Waals surface area contributed by atoms with Gasteiger partial charge in [-0.15, -0.1) is 0 Å². The Labute approximate surface area is 130 Å². The summed E-state index contributed by atoms with van der Waals surface area (Å²) in [7, 11) is 0. The minimum atomic E-state index is -1.16. The van der Waals surface area contributed by atoms with E-state index in [-0.39, 0.29) is 17.6 Å². The third-order valence-corrected chi connectivity index (χ3v) is 3.80. The number of carbonyl (C=O) groups is 1. The van der Waals surface area contributed by atoms with Crippen molar-refractivity contribution in [2.75, 3.05) is 0 Å². The van der Waals surface area contributed by atoms with Gasteiger partial charge in [0.25, 0.3) is 5.56 Å². The van der Waals surface area contributed by atoms with Crippen molar-refractivity contribution in [3.63, 3.8) is 0 Å². The number of carboxylic acids is 1. The van der Waals surface area contributed by atoms with E-state index in [2.05, 4.69) is 10.1 Å². The van der Waals surface area contributed by atoms with Crippen molar-refractivity contribution < 1.29 is 14.3 Å². The molecule has 0 radical (unpaired) electrons. The molecule has 2 N–H and O–H groups in total. The van der Waals surface area contributed by atoms with E-state index in [1.807, 2.05) is 0 Å². The van der Waals surface area contributed by atoms with Gasteiger partial charge in [-0.25, -0.2) is 18.7 Å². The number of benzene rings is 1. The topological polar surface area (TPSA) is 87.5 Å². The zero-order valence-corrected chi connectivity index (χ0v) is 12.6. The Morgan fingerprint density at radius 1 is 1.35 bits per heavy atom. The SMILES string of the molecule is Cc1nc2c(C(=O)O)c(C)[nH]n2c(=O)c1Cc1ccccc1F. The second-order valence-corrected chi connectivity index (χ2v) is 5.33. The summed E-state index contributed by atoms with van der Waals surface area (Å²) < 4.78 is 14.9. The van der Waals surface area contributed by atoms with Crippen LogP contribution in [-0.2, 0) is 6.42 Å². The van der Waals surface area contributed by atoms with Crippen LogP contribution in [-0.4, -0.2) is 25.7 Å². The first kappa shape index (κ1) is 15.0. The number of hydrogen-bond acceptors (Lipinski definition) is 3. The molecule has 0 bridgehead atoms. The summed E-state index contributed by atoms with van der Waals surface area (Å²) in [4.78, 5) is 28.2. The first-order valence-corrected chi connectivity index (χ1v) is 6.97. The van der Waals surface area contributed by atoms with Gasteiger partial charge in [-0.1, -0.05) is 18.2 Å². The summed E-state index contributed by atoms with van der Waals surface area (Å²) in [5.41, 5.74) is 1.04. The summed E-state index contributed by atoms with van der Waals surface area (Å²) in [6, 6.07) is 6.20. The Bertz CT molecular complexity index is 988. The Morgan fingerprint density at radius 2 is 2.04 bits per heavy atom. The molecule has 7 heteroatoms. The molecule has 0 atom stereocenters. The quantitative estimate of drug-likeness (QED) is 0.774. The smallest absolute Gasteiger partial charge is 0.341 e. The van der Waals surface area contributed by atoms with Crippen molar-refractivity contribution in [1.29, 1.82) is 0 Å². The molecular weight excluding hydrogens is 301 g/mol. The highest BCUT2D eigenvalue weighted by Gasteiger charge is 2.21. The van der Waals surface area contributed by atoms with Crippen molar-refractivity contribution in [3.05, 3.63) is 68.5 Å². The van der Waals surface area contributed by atoms with Crippen LogP contribution in [0.4, 0.5) is 4.39 Å². The molecule has 1 aromatic carbocycles. The molecule has 0 aliphatic rings. The molecule has 0 aliphatic carbocycles. The number of aromatic nitrogens is 3. The number of rotatable bonds is 3. The van der Waals surface area contributed by atoms with E-state index < -0.39 is 17.3 Å². The zero-order valence-electron chi connectivity index (χ0n) is 12.6. The van der Waals surface area contributed by atoms with Gasteiger partial charge in [0.15, 0.2) is 5.65 Å². The van der Waals surface area contributed by atoms with Crippen molar-refractivity contribution in [2.24, 2.45) is 0 Å². The van der Waals surface area contributed by atoms with Gasteiger partial charge in [0.05, 0.1) is 0 Å². The molecule has 0 saturated carbocycles. The summed E-state index contributed by atoms with van der Waals surface area (Å²) >= 11 is 0. The highest BCUT2D eigenvalue weighted by Crippen LogP contribution is 2.16. The van der Waals surface area contributed by atoms with Crippen LogP contribution in [0.2, 0.25) is 0 Å². The molecule has 0 amide bonds. The molecule has 0 spiro atoms. The van der Waals surface area contributed by atoms with E-state index in [9.17, 15) is 19.1 Å². The van der Waals surface area contributed by atoms with Crippen molar-refractivity contribution in [1.82, 2.24) is 14.6 Å². The summed E-state index contributed by atoms with van der Waals surface area (Å²) in [6.07, 6.45) is 0.0910. The molecule has 2 aromatic heterocycles. The molecule has 3 rings (SSSR count). The van der Waals surface area contributed by atoms with E-state index in [1.165, 1.54) is 6.07 Å². The van der Waals surface area contributed by atoms with Gasteiger partial charge in [0.2, 0.25) is 0 Å². The van der Waals surface area contributed by atoms with Crippen LogP contribution in [0.15, 0.2) is 29.1 Å². The number of H-pyrrole nitrogens is 1. The third kappa shape index (κ3) is 2.40. The van der Waals surface area contributed by atoms with E-state index >= 15 is 0 Å². The summed E-state index contributed by atoms with van der Waals surface area (Å²) in [5.74, 6) is -1.56. The van der Waals surface area contributed by atoms with E-state index in [0.717, 1.165) is 4.52 Å².